The average Bonchev–Trinajstić information content (AvgIpc) is 2.28. The highest BCUT2D eigenvalue weighted by atomic mass is 31.2. The highest BCUT2D eigenvalue weighted by Crippen LogP contribution is 2.59. The Bertz CT molecular complexity index is 397. The van der Waals surface area contributed by atoms with Crippen LogP contribution in [0.1, 0.15) is 25.3 Å². The molecule has 1 atom stereocenters. The maximum Gasteiger partial charge on any atom is 0.363 e. The Morgan fingerprint density at radius 1 is 1.29 bits per heavy atom. The molecule has 17 heavy (non-hydrogen) atoms. The van der Waals surface area contributed by atoms with Crippen molar-refractivity contribution < 1.29 is 23.8 Å². The minimum Gasteiger partial charge on any atom is -0.508 e. The lowest BCUT2D eigenvalue weighted by molar-refractivity contribution is 0.150. The van der Waals surface area contributed by atoms with Gasteiger partial charge in [0.25, 0.3) is 0 Å². The second-order valence-electron chi connectivity index (χ2n) is 3.34. The third-order valence-corrected chi connectivity index (χ3v) is 4.22. The molecule has 96 valence electrons. The van der Waals surface area contributed by atoms with E-state index in [2.05, 4.69) is 0 Å². The predicted octanol–water partition coefficient (Wildman–Crippen LogP) is 2.65. The van der Waals surface area contributed by atoms with Crippen molar-refractivity contribution in [1.82, 2.24) is 0 Å². The summed E-state index contributed by atoms with van der Waals surface area (Å²) in [4.78, 5) is 0. The van der Waals surface area contributed by atoms with Crippen LogP contribution in [-0.2, 0) is 13.6 Å². The fraction of sp³-hybridized carbons (Fsp3) is 0.455. The van der Waals surface area contributed by atoms with Crippen molar-refractivity contribution in [1.29, 1.82) is 0 Å². The van der Waals surface area contributed by atoms with Gasteiger partial charge >= 0.3 is 7.60 Å². The number of aliphatic hydroxyl groups is 1. The zero-order valence-corrected chi connectivity index (χ0v) is 10.8. The highest BCUT2D eigenvalue weighted by Gasteiger charge is 2.35. The second-order valence-corrected chi connectivity index (χ2v) is 5.43. The molecule has 2 N–H and O–H groups in total. The first-order chi connectivity index (χ1) is 8.03. The molecule has 1 aromatic carbocycles. The van der Waals surface area contributed by atoms with Gasteiger partial charge in [0.05, 0.1) is 13.2 Å². The summed E-state index contributed by atoms with van der Waals surface area (Å²) in [5.41, 5.74) is 0.301. The van der Waals surface area contributed by atoms with Crippen LogP contribution >= 0.6 is 7.60 Å². The van der Waals surface area contributed by atoms with Gasteiger partial charge in [-0.1, -0.05) is 12.1 Å². The molecule has 0 spiro atoms. The molecule has 0 saturated heterocycles. The van der Waals surface area contributed by atoms with E-state index >= 15 is 0 Å². The van der Waals surface area contributed by atoms with Crippen LogP contribution < -0.4 is 0 Å². The van der Waals surface area contributed by atoms with E-state index in [4.69, 9.17) is 9.05 Å². The second kappa shape index (κ2) is 6.17. The number of hydrogen-bond acceptors (Lipinski definition) is 5. The lowest BCUT2D eigenvalue weighted by Gasteiger charge is -2.22. The van der Waals surface area contributed by atoms with E-state index in [-0.39, 0.29) is 19.0 Å². The largest absolute Gasteiger partial charge is 0.508 e. The van der Waals surface area contributed by atoms with Crippen molar-refractivity contribution in [2.24, 2.45) is 0 Å². The Kier molecular flexibility index (Phi) is 5.15. The van der Waals surface area contributed by atoms with Gasteiger partial charge in [-0.3, -0.25) is 4.57 Å². The minimum atomic E-state index is -3.61. The molecule has 0 saturated carbocycles. The highest BCUT2D eigenvalue weighted by molar-refractivity contribution is 7.54. The van der Waals surface area contributed by atoms with Gasteiger partial charge in [0.1, 0.15) is 5.75 Å². The number of phenols is 1. The fourth-order valence-corrected chi connectivity index (χ4v) is 3.01. The molecule has 0 aromatic heterocycles. The molecule has 0 heterocycles. The van der Waals surface area contributed by atoms with Gasteiger partial charge in [-0.25, -0.2) is 0 Å². The van der Waals surface area contributed by atoms with Crippen LogP contribution in [0.5, 0.6) is 5.75 Å². The first kappa shape index (κ1) is 14.2. The minimum absolute atomic E-state index is 0.0129. The zero-order valence-electron chi connectivity index (χ0n) is 9.87. The summed E-state index contributed by atoms with van der Waals surface area (Å²) in [5.74, 6) is -1.41. The van der Waals surface area contributed by atoms with Crippen LogP contribution in [0.15, 0.2) is 24.3 Å². The smallest absolute Gasteiger partial charge is 0.363 e. The number of phenolic OH excluding ortho intramolecular Hbond substituents is 1. The summed E-state index contributed by atoms with van der Waals surface area (Å²) in [6.45, 7) is 3.68. The SMILES string of the molecule is CCOP(=O)(OCC)C(O)c1cccc(O)c1. The molecule has 0 radical (unpaired) electrons. The summed E-state index contributed by atoms with van der Waals surface area (Å²) in [6.07, 6.45) is 0. The lowest BCUT2D eigenvalue weighted by Crippen LogP contribution is -2.06. The maximum atomic E-state index is 12.2. The van der Waals surface area contributed by atoms with Crippen molar-refractivity contribution in [3.8, 4) is 5.75 Å². The van der Waals surface area contributed by atoms with E-state index in [1.807, 2.05) is 0 Å². The third-order valence-electron chi connectivity index (χ3n) is 2.09. The van der Waals surface area contributed by atoms with Crippen molar-refractivity contribution in [3.63, 3.8) is 0 Å². The molecule has 0 aliphatic heterocycles. The van der Waals surface area contributed by atoms with Crippen molar-refractivity contribution >= 4 is 7.60 Å². The van der Waals surface area contributed by atoms with Gasteiger partial charge in [-0.05, 0) is 31.5 Å². The van der Waals surface area contributed by atoms with Crippen LogP contribution in [0.25, 0.3) is 0 Å². The van der Waals surface area contributed by atoms with Gasteiger partial charge in [0, 0.05) is 0 Å². The van der Waals surface area contributed by atoms with Gasteiger partial charge in [-0.15, -0.1) is 0 Å². The van der Waals surface area contributed by atoms with Crippen molar-refractivity contribution in [2.45, 2.75) is 19.7 Å². The molecular formula is C11H17O5P. The monoisotopic (exact) mass is 260 g/mol. The third kappa shape index (κ3) is 3.54. The first-order valence-corrected chi connectivity index (χ1v) is 7.00. The van der Waals surface area contributed by atoms with E-state index in [9.17, 15) is 14.8 Å². The zero-order chi connectivity index (χ0) is 12.9. The number of rotatable bonds is 6. The summed E-state index contributed by atoms with van der Waals surface area (Å²) in [5, 5.41) is 19.3. The van der Waals surface area contributed by atoms with Gasteiger partial charge in [-0.2, -0.15) is 0 Å². The fourth-order valence-electron chi connectivity index (χ4n) is 1.41. The van der Waals surface area contributed by atoms with Crippen LogP contribution in [0, 0.1) is 0 Å². The Morgan fingerprint density at radius 3 is 2.35 bits per heavy atom. The van der Waals surface area contributed by atoms with E-state index in [1.54, 1.807) is 26.0 Å². The van der Waals surface area contributed by atoms with Crippen molar-refractivity contribution in [3.05, 3.63) is 29.8 Å². The lowest BCUT2D eigenvalue weighted by atomic mass is 10.2. The van der Waals surface area contributed by atoms with Crippen LogP contribution in [-0.4, -0.2) is 23.4 Å². The molecule has 1 rings (SSSR count). The Hall–Kier alpha value is -0.870. The average molecular weight is 260 g/mol. The van der Waals surface area contributed by atoms with Crippen LogP contribution in [0.2, 0.25) is 0 Å². The molecule has 0 bridgehead atoms. The number of aromatic hydroxyl groups is 1. The Morgan fingerprint density at radius 2 is 1.88 bits per heavy atom. The van der Waals surface area contributed by atoms with Gasteiger partial charge < -0.3 is 19.3 Å². The van der Waals surface area contributed by atoms with Crippen LogP contribution in [0.3, 0.4) is 0 Å². The molecular weight excluding hydrogens is 243 g/mol. The molecule has 0 aliphatic rings. The Balaban J connectivity index is 2.99. The van der Waals surface area contributed by atoms with E-state index in [1.165, 1.54) is 12.1 Å². The molecule has 6 heteroatoms. The Labute approximate surface area is 101 Å². The molecule has 0 amide bonds. The summed E-state index contributed by atoms with van der Waals surface area (Å²) < 4.78 is 22.3. The summed E-state index contributed by atoms with van der Waals surface area (Å²) >= 11 is 0. The number of hydrogen-bond donors (Lipinski definition) is 2. The van der Waals surface area contributed by atoms with E-state index in [0.29, 0.717) is 5.56 Å². The summed E-state index contributed by atoms with van der Waals surface area (Å²) in [6, 6.07) is 5.89. The van der Waals surface area contributed by atoms with E-state index < -0.39 is 13.4 Å². The molecule has 1 aromatic rings. The van der Waals surface area contributed by atoms with E-state index in [0.717, 1.165) is 0 Å². The van der Waals surface area contributed by atoms with Gasteiger partial charge in [0.15, 0.2) is 5.85 Å². The molecule has 0 aliphatic carbocycles. The van der Waals surface area contributed by atoms with Gasteiger partial charge in [0.2, 0.25) is 0 Å². The maximum absolute atomic E-state index is 12.2. The first-order valence-electron chi connectivity index (χ1n) is 5.39. The number of aliphatic hydroxyl groups excluding tert-OH is 1. The molecule has 1 unspecified atom stereocenters. The number of benzene rings is 1. The van der Waals surface area contributed by atoms with Crippen molar-refractivity contribution in [2.75, 3.05) is 13.2 Å². The molecule has 0 fully saturated rings. The van der Waals surface area contributed by atoms with Crippen LogP contribution in [0.4, 0.5) is 0 Å². The topological polar surface area (TPSA) is 76.0 Å². The predicted molar refractivity (Wildman–Crippen MR) is 63.9 cm³/mol. The molecule has 5 nitrogen and oxygen atoms in total. The standard InChI is InChI=1S/C11H17O5P/c1-3-15-17(14,16-4-2)11(13)9-6-5-7-10(12)8-9/h5-8,11-13H,3-4H2,1-2H3. The quantitative estimate of drug-likeness (QED) is 0.769. The normalized spacial score (nSPS) is 13.6. The summed E-state index contributed by atoms with van der Waals surface area (Å²) in [7, 11) is -3.61.